The van der Waals surface area contributed by atoms with Gasteiger partial charge in [-0.1, -0.05) is 360 Å². The second-order valence-electron chi connectivity index (χ2n) is 26.1. The minimum atomic E-state index is -1.55. The van der Waals surface area contributed by atoms with Gasteiger partial charge in [-0.05, 0) is 38.5 Å². The van der Waals surface area contributed by atoms with E-state index in [-0.39, 0.29) is 12.5 Å². The lowest BCUT2D eigenvalue weighted by Crippen LogP contribution is -2.60. The monoisotopic (exact) mass is 1160 g/mol. The molecular formula is C73H143NO8. The molecule has 488 valence electrons. The molecule has 1 amide bonds. The number of ether oxygens (including phenoxy) is 2. The van der Waals surface area contributed by atoms with E-state index < -0.39 is 49.5 Å². The van der Waals surface area contributed by atoms with Crippen molar-refractivity contribution in [3.63, 3.8) is 0 Å². The van der Waals surface area contributed by atoms with Crippen LogP contribution in [0.1, 0.15) is 393 Å². The number of hydrogen-bond acceptors (Lipinski definition) is 8. The van der Waals surface area contributed by atoms with Crippen molar-refractivity contribution in [1.29, 1.82) is 0 Å². The third-order valence-electron chi connectivity index (χ3n) is 18.1. The topological polar surface area (TPSA) is 149 Å². The van der Waals surface area contributed by atoms with Crippen molar-refractivity contribution in [2.75, 3.05) is 13.2 Å². The summed E-state index contributed by atoms with van der Waals surface area (Å²) in [4.78, 5) is 13.2. The highest BCUT2D eigenvalue weighted by Crippen LogP contribution is 2.24. The van der Waals surface area contributed by atoms with E-state index >= 15 is 0 Å². The van der Waals surface area contributed by atoms with Crippen molar-refractivity contribution in [2.45, 2.75) is 436 Å². The molecule has 1 fully saturated rings. The van der Waals surface area contributed by atoms with E-state index in [1.807, 2.05) is 0 Å². The number of aliphatic hydroxyl groups excluding tert-OH is 5. The number of unbranched alkanes of at least 4 members (excludes halogenated alkanes) is 54. The fourth-order valence-electron chi connectivity index (χ4n) is 12.3. The Morgan fingerprint density at radius 3 is 0.988 bits per heavy atom. The summed E-state index contributed by atoms with van der Waals surface area (Å²) in [7, 11) is 0. The van der Waals surface area contributed by atoms with Gasteiger partial charge >= 0.3 is 0 Å². The molecule has 9 nitrogen and oxygen atoms in total. The quantitative estimate of drug-likeness (QED) is 0.0261. The van der Waals surface area contributed by atoms with Gasteiger partial charge in [0, 0.05) is 6.42 Å². The molecule has 0 aromatic carbocycles. The number of aliphatic hydroxyl groups is 5. The lowest BCUT2D eigenvalue weighted by Gasteiger charge is -2.40. The van der Waals surface area contributed by atoms with Gasteiger partial charge in [-0.15, -0.1) is 0 Å². The summed E-state index contributed by atoms with van der Waals surface area (Å²) in [5.74, 6) is -0.134. The van der Waals surface area contributed by atoms with Gasteiger partial charge in [0.1, 0.15) is 24.4 Å². The van der Waals surface area contributed by atoms with Gasteiger partial charge in [0.05, 0.1) is 25.4 Å². The number of nitrogens with one attached hydrogen (secondary N) is 1. The normalized spacial score (nSPS) is 18.3. The number of amides is 1. The second kappa shape index (κ2) is 63.0. The Kier molecular flexibility index (Phi) is 60.6. The Balaban J connectivity index is 2.08. The second-order valence-corrected chi connectivity index (χ2v) is 26.1. The molecule has 6 N–H and O–H groups in total. The third-order valence-corrected chi connectivity index (χ3v) is 18.1. The minimum absolute atomic E-state index is 0.132. The highest BCUT2D eigenvalue weighted by molar-refractivity contribution is 5.76. The van der Waals surface area contributed by atoms with E-state index in [1.165, 1.54) is 327 Å². The van der Waals surface area contributed by atoms with Crippen LogP contribution in [0, 0.1) is 0 Å². The molecule has 0 aromatic heterocycles. The van der Waals surface area contributed by atoms with Crippen molar-refractivity contribution >= 4 is 5.91 Å². The first-order valence-corrected chi connectivity index (χ1v) is 36.9. The van der Waals surface area contributed by atoms with Gasteiger partial charge in [0.2, 0.25) is 5.91 Å². The van der Waals surface area contributed by atoms with Gasteiger partial charge in [-0.3, -0.25) is 4.79 Å². The Hall–Kier alpha value is -1.07. The summed E-state index contributed by atoms with van der Waals surface area (Å²) < 4.78 is 11.4. The molecule has 0 aromatic rings. The van der Waals surface area contributed by atoms with E-state index in [9.17, 15) is 30.3 Å². The number of carbonyl (C=O) groups is 1. The average Bonchev–Trinajstić information content (AvgIpc) is 3.57. The number of rotatable bonds is 66. The molecule has 0 saturated carbocycles. The van der Waals surface area contributed by atoms with Crippen LogP contribution in [0.2, 0.25) is 0 Å². The maximum atomic E-state index is 13.2. The van der Waals surface area contributed by atoms with E-state index in [4.69, 9.17) is 9.47 Å². The van der Waals surface area contributed by atoms with Gasteiger partial charge in [-0.25, -0.2) is 0 Å². The zero-order chi connectivity index (χ0) is 59.3. The van der Waals surface area contributed by atoms with Crippen molar-refractivity contribution in [1.82, 2.24) is 5.32 Å². The Bertz CT molecular complexity index is 1300. The highest BCUT2D eigenvalue weighted by atomic mass is 16.7. The Morgan fingerprint density at radius 1 is 0.402 bits per heavy atom. The molecule has 0 aliphatic carbocycles. The molecule has 7 atom stereocenters. The predicted molar refractivity (Wildman–Crippen MR) is 351 cm³/mol. The standard InChI is InChI=1S/C73H143NO8/c1-3-5-7-9-11-13-15-17-19-21-23-25-27-29-31-33-35-36-38-40-42-44-46-48-50-52-54-56-58-60-62-67(76)66(65-81-73-72(80)71(79)70(78)68(64-75)82-73)74-69(77)63-61-59-57-55-53-51-49-47-45-43-41-39-37-34-32-30-28-26-24-22-20-18-16-14-12-10-8-6-4-2/h22,24,66-68,70-73,75-76,78-80H,3-21,23,25-65H2,1-2H3,(H,74,77)/b24-22-. The summed E-state index contributed by atoms with van der Waals surface area (Å²) in [6.07, 6.45) is 74.4. The molecule has 1 aliphatic heterocycles. The van der Waals surface area contributed by atoms with Crippen LogP contribution in [-0.2, 0) is 14.3 Å². The molecular weight excluding hydrogens is 1020 g/mol. The van der Waals surface area contributed by atoms with Crippen molar-refractivity contribution < 1.29 is 39.8 Å². The lowest BCUT2D eigenvalue weighted by molar-refractivity contribution is -0.302. The summed E-state index contributed by atoms with van der Waals surface area (Å²) in [5.41, 5.74) is 0. The predicted octanol–water partition coefficient (Wildman–Crippen LogP) is 20.3. The zero-order valence-electron chi connectivity index (χ0n) is 54.8. The molecule has 1 heterocycles. The zero-order valence-corrected chi connectivity index (χ0v) is 54.8. The molecule has 1 rings (SSSR count). The van der Waals surface area contributed by atoms with Crippen molar-refractivity contribution in [3.8, 4) is 0 Å². The summed E-state index contributed by atoms with van der Waals surface area (Å²) in [5, 5.41) is 55.0. The molecule has 7 unspecified atom stereocenters. The summed E-state index contributed by atoms with van der Waals surface area (Å²) in [6.45, 7) is 3.91. The van der Waals surface area contributed by atoms with E-state index in [0.29, 0.717) is 12.8 Å². The summed E-state index contributed by atoms with van der Waals surface area (Å²) >= 11 is 0. The number of allylic oxidation sites excluding steroid dienone is 2. The van der Waals surface area contributed by atoms with Gasteiger partial charge in [0.15, 0.2) is 6.29 Å². The number of carbonyl (C=O) groups excluding carboxylic acids is 1. The molecule has 0 bridgehead atoms. The van der Waals surface area contributed by atoms with Gasteiger partial charge in [0.25, 0.3) is 0 Å². The van der Waals surface area contributed by atoms with Crippen molar-refractivity contribution in [2.24, 2.45) is 0 Å². The maximum Gasteiger partial charge on any atom is 0.220 e. The largest absolute Gasteiger partial charge is 0.394 e. The van der Waals surface area contributed by atoms with Crippen molar-refractivity contribution in [3.05, 3.63) is 12.2 Å². The third kappa shape index (κ3) is 51.0. The van der Waals surface area contributed by atoms with Gasteiger partial charge < -0.3 is 40.3 Å². The SMILES string of the molecule is CCCCCCCCCC/C=C\CCCCCCCCCCCCCCCCCCCC(=O)NC(COC1OC(CO)C(O)C(O)C1O)C(O)CCCCCCCCCCCCCCCCCCCCCCCCCCCCCCCC. The van der Waals surface area contributed by atoms with Crippen LogP contribution < -0.4 is 5.32 Å². The fourth-order valence-corrected chi connectivity index (χ4v) is 12.3. The fraction of sp³-hybridized carbons (Fsp3) is 0.959. The van der Waals surface area contributed by atoms with Crippen LogP contribution >= 0.6 is 0 Å². The molecule has 1 aliphatic rings. The van der Waals surface area contributed by atoms with Gasteiger partial charge in [-0.2, -0.15) is 0 Å². The molecule has 1 saturated heterocycles. The van der Waals surface area contributed by atoms with Crippen LogP contribution in [-0.4, -0.2) is 87.5 Å². The Morgan fingerprint density at radius 2 is 0.683 bits per heavy atom. The summed E-state index contributed by atoms with van der Waals surface area (Å²) in [6, 6.07) is -0.717. The molecule has 0 radical (unpaired) electrons. The van der Waals surface area contributed by atoms with Crippen LogP contribution in [0.4, 0.5) is 0 Å². The molecule has 0 spiro atoms. The van der Waals surface area contributed by atoms with Crippen LogP contribution in [0.3, 0.4) is 0 Å². The lowest BCUT2D eigenvalue weighted by atomic mass is 9.99. The maximum absolute atomic E-state index is 13.2. The molecule has 82 heavy (non-hydrogen) atoms. The van der Waals surface area contributed by atoms with Crippen LogP contribution in [0.25, 0.3) is 0 Å². The molecule has 9 heteroatoms. The smallest absolute Gasteiger partial charge is 0.220 e. The van der Waals surface area contributed by atoms with E-state index in [1.54, 1.807) is 0 Å². The highest BCUT2D eigenvalue weighted by Gasteiger charge is 2.44. The first kappa shape index (κ1) is 78.9. The van der Waals surface area contributed by atoms with Crippen LogP contribution in [0.5, 0.6) is 0 Å². The first-order chi connectivity index (χ1) is 40.3. The Labute approximate surface area is 509 Å². The average molecular weight is 1160 g/mol. The van der Waals surface area contributed by atoms with Crippen LogP contribution in [0.15, 0.2) is 12.2 Å². The van der Waals surface area contributed by atoms with E-state index in [2.05, 4.69) is 31.3 Å². The number of hydrogen-bond donors (Lipinski definition) is 6. The first-order valence-electron chi connectivity index (χ1n) is 36.9. The minimum Gasteiger partial charge on any atom is -0.394 e. The van der Waals surface area contributed by atoms with E-state index in [0.717, 1.165) is 38.5 Å².